The number of anilines is 1. The second-order valence-electron chi connectivity index (χ2n) is 11.5. The molecule has 7 nitrogen and oxygen atoms in total. The van der Waals surface area contributed by atoms with Crippen LogP contribution in [0.5, 0.6) is 0 Å². The molecule has 226 valence electrons. The van der Waals surface area contributed by atoms with Gasteiger partial charge in [0.25, 0.3) is 10.0 Å². The van der Waals surface area contributed by atoms with Gasteiger partial charge in [0, 0.05) is 12.1 Å². The SMILES string of the molecule is CC[C@@H](C(=O)NC(C)(C)C)N(Cc1ccc(Cl)c(Cl)c1)C(=O)CN(c1cc(C)ccc1C)S(=O)(=O)c1ccc(C)cc1. The predicted octanol–water partition coefficient (Wildman–Crippen LogP) is 6.84. The molecule has 0 unspecified atom stereocenters. The van der Waals surface area contributed by atoms with Crippen LogP contribution in [0.3, 0.4) is 0 Å². The van der Waals surface area contributed by atoms with E-state index in [0.29, 0.717) is 33.3 Å². The Morgan fingerprint density at radius 3 is 2.07 bits per heavy atom. The van der Waals surface area contributed by atoms with E-state index in [-0.39, 0.29) is 17.3 Å². The Balaban J connectivity index is 2.13. The van der Waals surface area contributed by atoms with Gasteiger partial charge in [-0.05, 0) is 95.0 Å². The molecule has 0 aliphatic rings. The van der Waals surface area contributed by atoms with Gasteiger partial charge in [0.05, 0.1) is 20.6 Å². The van der Waals surface area contributed by atoms with Crippen LogP contribution >= 0.6 is 23.2 Å². The Labute approximate surface area is 259 Å². The summed E-state index contributed by atoms with van der Waals surface area (Å²) in [5, 5.41) is 3.64. The Morgan fingerprint density at radius 2 is 1.50 bits per heavy atom. The highest BCUT2D eigenvalue weighted by Gasteiger charge is 2.35. The Kier molecular flexibility index (Phi) is 10.7. The average Bonchev–Trinajstić information content (AvgIpc) is 2.89. The van der Waals surface area contributed by atoms with Gasteiger partial charge in [0.15, 0.2) is 0 Å². The maximum atomic E-state index is 14.3. The standard InChI is InChI=1S/C32H39Cl2N3O4S/c1-8-28(31(39)35-32(5,6)7)36(19-24-13-16-26(33)27(34)18-24)30(38)20-37(29-17-22(3)9-12-23(29)4)42(40,41)25-14-10-21(2)11-15-25/h9-18,28H,8,19-20H2,1-7H3,(H,35,39)/t28-/m0/s1. The van der Waals surface area contributed by atoms with Gasteiger partial charge in [0.1, 0.15) is 12.6 Å². The number of carbonyl (C=O) groups is 2. The highest BCUT2D eigenvalue weighted by atomic mass is 35.5. The quantitative estimate of drug-likeness (QED) is 0.265. The van der Waals surface area contributed by atoms with E-state index in [1.54, 1.807) is 43.3 Å². The summed E-state index contributed by atoms with van der Waals surface area (Å²) in [5.74, 6) is -0.869. The van der Waals surface area contributed by atoms with E-state index in [9.17, 15) is 18.0 Å². The highest BCUT2D eigenvalue weighted by molar-refractivity contribution is 7.92. The molecule has 0 radical (unpaired) electrons. The summed E-state index contributed by atoms with van der Waals surface area (Å²) < 4.78 is 29.4. The Bertz CT molecular complexity index is 1550. The van der Waals surface area contributed by atoms with Crippen molar-refractivity contribution in [1.29, 1.82) is 0 Å². The molecule has 0 aliphatic carbocycles. The molecule has 1 N–H and O–H groups in total. The molecule has 3 aromatic carbocycles. The van der Waals surface area contributed by atoms with E-state index < -0.39 is 34.1 Å². The molecule has 0 saturated heterocycles. The topological polar surface area (TPSA) is 86.8 Å². The van der Waals surface area contributed by atoms with Crippen LogP contribution in [0.2, 0.25) is 10.0 Å². The molecule has 10 heteroatoms. The largest absolute Gasteiger partial charge is 0.350 e. The number of amides is 2. The van der Waals surface area contributed by atoms with Gasteiger partial charge in [-0.25, -0.2) is 8.42 Å². The van der Waals surface area contributed by atoms with E-state index in [1.165, 1.54) is 17.0 Å². The van der Waals surface area contributed by atoms with E-state index in [0.717, 1.165) is 15.4 Å². The van der Waals surface area contributed by atoms with Crippen molar-refractivity contribution in [2.45, 2.75) is 77.9 Å². The average molecular weight is 633 g/mol. The third kappa shape index (κ3) is 8.27. The van der Waals surface area contributed by atoms with Gasteiger partial charge in [-0.15, -0.1) is 0 Å². The van der Waals surface area contributed by atoms with Crippen LogP contribution in [0.25, 0.3) is 0 Å². The first kappa shape index (κ1) is 33.4. The number of carbonyl (C=O) groups excluding carboxylic acids is 2. The Hall–Kier alpha value is -3.07. The number of sulfonamides is 1. The fourth-order valence-electron chi connectivity index (χ4n) is 4.55. The second kappa shape index (κ2) is 13.5. The number of halogens is 2. The zero-order chi connectivity index (χ0) is 31.4. The predicted molar refractivity (Wildman–Crippen MR) is 171 cm³/mol. The fraction of sp³-hybridized carbons (Fsp3) is 0.375. The minimum absolute atomic E-state index is 0.0248. The van der Waals surface area contributed by atoms with Gasteiger partial charge < -0.3 is 10.2 Å². The van der Waals surface area contributed by atoms with Crippen LogP contribution in [0, 0.1) is 20.8 Å². The number of nitrogens with one attached hydrogen (secondary N) is 1. The van der Waals surface area contributed by atoms with Gasteiger partial charge in [-0.2, -0.15) is 0 Å². The molecule has 2 amide bonds. The monoisotopic (exact) mass is 631 g/mol. The van der Waals surface area contributed by atoms with Crippen molar-refractivity contribution in [2.24, 2.45) is 0 Å². The lowest BCUT2D eigenvalue weighted by atomic mass is 10.1. The number of benzene rings is 3. The molecule has 0 heterocycles. The van der Waals surface area contributed by atoms with Gasteiger partial charge in [0.2, 0.25) is 11.8 Å². The molecule has 42 heavy (non-hydrogen) atoms. The zero-order valence-corrected chi connectivity index (χ0v) is 27.5. The van der Waals surface area contributed by atoms with Crippen LogP contribution in [-0.2, 0) is 26.2 Å². The van der Waals surface area contributed by atoms with Crippen molar-refractivity contribution in [3.8, 4) is 0 Å². The summed E-state index contributed by atoms with van der Waals surface area (Å²) in [5.41, 5.74) is 2.95. The summed E-state index contributed by atoms with van der Waals surface area (Å²) in [4.78, 5) is 29.2. The maximum absolute atomic E-state index is 14.3. The third-order valence-electron chi connectivity index (χ3n) is 6.74. The molecule has 3 rings (SSSR count). The van der Waals surface area contributed by atoms with Gasteiger partial charge in [-0.1, -0.05) is 66.0 Å². The number of nitrogens with zero attached hydrogens (tertiary/aromatic N) is 2. The minimum atomic E-state index is -4.16. The number of rotatable bonds is 10. The van der Waals surface area contributed by atoms with Crippen molar-refractivity contribution < 1.29 is 18.0 Å². The van der Waals surface area contributed by atoms with Crippen molar-refractivity contribution in [2.75, 3.05) is 10.8 Å². The Morgan fingerprint density at radius 1 is 0.881 bits per heavy atom. The lowest BCUT2D eigenvalue weighted by molar-refractivity contribution is -0.141. The van der Waals surface area contributed by atoms with Gasteiger partial charge >= 0.3 is 0 Å². The lowest BCUT2D eigenvalue weighted by Gasteiger charge is -2.35. The molecule has 0 fully saturated rings. The van der Waals surface area contributed by atoms with Crippen LogP contribution in [0.15, 0.2) is 65.6 Å². The molecule has 0 saturated carbocycles. The first-order chi connectivity index (χ1) is 19.5. The summed E-state index contributed by atoms with van der Waals surface area (Å²) >= 11 is 12.4. The zero-order valence-electron chi connectivity index (χ0n) is 25.2. The minimum Gasteiger partial charge on any atom is -0.350 e. The van der Waals surface area contributed by atoms with E-state index >= 15 is 0 Å². The molecule has 0 aliphatic heterocycles. The maximum Gasteiger partial charge on any atom is 0.264 e. The van der Waals surface area contributed by atoms with Crippen LogP contribution in [0.1, 0.15) is 56.4 Å². The van der Waals surface area contributed by atoms with Crippen LogP contribution in [0.4, 0.5) is 5.69 Å². The van der Waals surface area contributed by atoms with E-state index in [4.69, 9.17) is 23.2 Å². The van der Waals surface area contributed by atoms with Crippen molar-refractivity contribution in [3.05, 3.63) is 93.0 Å². The van der Waals surface area contributed by atoms with Crippen molar-refractivity contribution in [3.63, 3.8) is 0 Å². The molecule has 0 aromatic heterocycles. The highest BCUT2D eigenvalue weighted by Crippen LogP contribution is 2.29. The summed E-state index contributed by atoms with van der Waals surface area (Å²) in [6.45, 7) is 12.4. The molecule has 0 spiro atoms. The molecular weight excluding hydrogens is 593 g/mol. The first-order valence-electron chi connectivity index (χ1n) is 13.8. The summed E-state index contributed by atoms with van der Waals surface area (Å²) in [6.07, 6.45) is 0.309. The van der Waals surface area contributed by atoms with E-state index in [2.05, 4.69) is 5.32 Å². The molecule has 0 bridgehead atoms. The summed E-state index contributed by atoms with van der Waals surface area (Å²) in [7, 11) is -4.16. The van der Waals surface area contributed by atoms with E-state index in [1.807, 2.05) is 53.7 Å². The lowest BCUT2D eigenvalue weighted by Crippen LogP contribution is -2.55. The smallest absolute Gasteiger partial charge is 0.264 e. The van der Waals surface area contributed by atoms with Crippen LogP contribution in [-0.4, -0.2) is 43.3 Å². The third-order valence-corrected chi connectivity index (χ3v) is 9.26. The summed E-state index contributed by atoms with van der Waals surface area (Å²) in [6, 6.07) is 16.1. The normalized spacial score (nSPS) is 12.5. The molecule has 3 aromatic rings. The van der Waals surface area contributed by atoms with Crippen molar-refractivity contribution in [1.82, 2.24) is 10.2 Å². The molecular formula is C32H39Cl2N3O4S. The van der Waals surface area contributed by atoms with Crippen molar-refractivity contribution >= 4 is 50.7 Å². The molecule has 1 atom stereocenters. The first-order valence-corrected chi connectivity index (χ1v) is 15.9. The van der Waals surface area contributed by atoms with Gasteiger partial charge in [-0.3, -0.25) is 13.9 Å². The second-order valence-corrected chi connectivity index (χ2v) is 14.2. The number of aryl methyl sites for hydroxylation is 3. The number of hydrogen-bond donors (Lipinski definition) is 1. The number of hydrogen-bond acceptors (Lipinski definition) is 4. The fourth-order valence-corrected chi connectivity index (χ4v) is 6.34. The van der Waals surface area contributed by atoms with Crippen LogP contribution < -0.4 is 9.62 Å².